The van der Waals surface area contributed by atoms with Crippen LogP contribution in [0.25, 0.3) is 0 Å². The molecule has 28 heavy (non-hydrogen) atoms. The Morgan fingerprint density at radius 1 is 0.714 bits per heavy atom. The molecule has 4 rings (SSSR count). The zero-order chi connectivity index (χ0) is 19.2. The molecule has 141 valence electrons. The second kappa shape index (κ2) is 8.61. The van der Waals surface area contributed by atoms with Crippen LogP contribution in [0.1, 0.15) is 31.7 Å². The Kier molecular flexibility index (Phi) is 5.57. The quantitative estimate of drug-likeness (QED) is 0.582. The van der Waals surface area contributed by atoms with Gasteiger partial charge in [-0.25, -0.2) is 10.0 Å². The SMILES string of the molecule is CCCCC1N(c2ccccc2)[N]C(c2ccccc2)=NN1c1ccccc1. The molecule has 1 aliphatic heterocycles. The topological polar surface area (TPSA) is 32.9 Å². The Labute approximate surface area is 167 Å². The van der Waals surface area contributed by atoms with Crippen LogP contribution in [0.3, 0.4) is 0 Å². The average Bonchev–Trinajstić information content (AvgIpc) is 2.79. The fourth-order valence-corrected chi connectivity index (χ4v) is 3.42. The monoisotopic (exact) mass is 369 g/mol. The van der Waals surface area contributed by atoms with E-state index in [9.17, 15) is 0 Å². The summed E-state index contributed by atoms with van der Waals surface area (Å²) in [5, 5.41) is 9.22. The van der Waals surface area contributed by atoms with Gasteiger partial charge in [0.15, 0.2) is 5.84 Å². The zero-order valence-corrected chi connectivity index (χ0v) is 16.1. The summed E-state index contributed by atoms with van der Waals surface area (Å²) in [6, 6.07) is 30.9. The molecule has 4 nitrogen and oxygen atoms in total. The molecule has 1 unspecified atom stereocenters. The molecule has 1 radical (unpaired) electrons. The highest BCUT2D eigenvalue weighted by atomic mass is 15.7. The third kappa shape index (κ3) is 3.86. The molecule has 0 fully saturated rings. The molecule has 1 aliphatic rings. The summed E-state index contributed by atoms with van der Waals surface area (Å²) in [5.41, 5.74) is 8.14. The Bertz CT molecular complexity index is 894. The molecule has 0 aliphatic carbocycles. The summed E-state index contributed by atoms with van der Waals surface area (Å²) in [4.78, 5) is 0. The Morgan fingerprint density at radius 3 is 1.82 bits per heavy atom. The third-order valence-electron chi connectivity index (χ3n) is 4.86. The van der Waals surface area contributed by atoms with Crippen LogP contribution in [-0.4, -0.2) is 12.0 Å². The lowest BCUT2D eigenvalue weighted by molar-refractivity contribution is 0.468. The summed E-state index contributed by atoms with van der Waals surface area (Å²) >= 11 is 0. The third-order valence-corrected chi connectivity index (χ3v) is 4.86. The van der Waals surface area contributed by atoms with Gasteiger partial charge in [-0.1, -0.05) is 80.1 Å². The predicted molar refractivity (Wildman–Crippen MR) is 116 cm³/mol. The van der Waals surface area contributed by atoms with Gasteiger partial charge in [0.25, 0.3) is 0 Å². The van der Waals surface area contributed by atoms with Crippen molar-refractivity contribution < 1.29 is 0 Å². The van der Waals surface area contributed by atoms with Gasteiger partial charge >= 0.3 is 0 Å². The number of benzene rings is 3. The Hall–Kier alpha value is -3.27. The van der Waals surface area contributed by atoms with Crippen LogP contribution >= 0.6 is 0 Å². The highest BCUT2D eigenvalue weighted by Gasteiger charge is 2.33. The maximum absolute atomic E-state index is 4.97. The molecule has 1 heterocycles. The molecule has 3 aromatic rings. The first-order valence-electron chi connectivity index (χ1n) is 9.91. The molecule has 0 aromatic heterocycles. The lowest BCUT2D eigenvalue weighted by Crippen LogP contribution is -2.56. The summed E-state index contributed by atoms with van der Waals surface area (Å²) in [5.74, 6) is 0.723. The average molecular weight is 369 g/mol. The van der Waals surface area contributed by atoms with Gasteiger partial charge in [-0.2, -0.15) is 0 Å². The maximum atomic E-state index is 4.97. The minimum Gasteiger partial charge on any atom is -0.239 e. The number of rotatable bonds is 6. The van der Waals surface area contributed by atoms with E-state index in [1.165, 1.54) is 0 Å². The fraction of sp³-hybridized carbons (Fsp3) is 0.208. The Balaban J connectivity index is 1.80. The van der Waals surface area contributed by atoms with Crippen molar-refractivity contribution >= 4 is 17.2 Å². The van der Waals surface area contributed by atoms with Crippen molar-refractivity contribution in [2.24, 2.45) is 5.10 Å². The van der Waals surface area contributed by atoms with Gasteiger partial charge in [-0.05, 0) is 37.1 Å². The Morgan fingerprint density at radius 2 is 1.25 bits per heavy atom. The fourth-order valence-electron chi connectivity index (χ4n) is 3.42. The number of nitrogens with zero attached hydrogens (tertiary/aromatic N) is 4. The van der Waals surface area contributed by atoms with Gasteiger partial charge in [0.05, 0.1) is 11.4 Å². The second-order valence-electron chi connectivity index (χ2n) is 6.87. The van der Waals surface area contributed by atoms with Gasteiger partial charge in [0.2, 0.25) is 0 Å². The van der Waals surface area contributed by atoms with Crippen LogP contribution in [-0.2, 0) is 0 Å². The number of hydrazone groups is 1. The van der Waals surface area contributed by atoms with Crippen molar-refractivity contribution in [1.29, 1.82) is 0 Å². The van der Waals surface area contributed by atoms with Crippen LogP contribution < -0.4 is 15.4 Å². The smallest absolute Gasteiger partial charge is 0.199 e. The van der Waals surface area contributed by atoms with Crippen molar-refractivity contribution in [3.05, 3.63) is 96.6 Å². The van der Waals surface area contributed by atoms with E-state index in [4.69, 9.17) is 10.5 Å². The highest BCUT2D eigenvalue weighted by Crippen LogP contribution is 2.29. The van der Waals surface area contributed by atoms with Crippen molar-refractivity contribution in [1.82, 2.24) is 5.43 Å². The molecule has 0 N–H and O–H groups in total. The van der Waals surface area contributed by atoms with E-state index in [0.717, 1.165) is 42.0 Å². The van der Waals surface area contributed by atoms with Gasteiger partial charge in [-0.3, -0.25) is 0 Å². The summed E-state index contributed by atoms with van der Waals surface area (Å²) < 4.78 is 0. The van der Waals surface area contributed by atoms with Crippen LogP contribution in [0.5, 0.6) is 0 Å². The van der Waals surface area contributed by atoms with Gasteiger partial charge < -0.3 is 0 Å². The van der Waals surface area contributed by atoms with Crippen molar-refractivity contribution in [2.45, 2.75) is 32.4 Å². The lowest BCUT2D eigenvalue weighted by Gasteiger charge is -2.42. The van der Waals surface area contributed by atoms with Crippen molar-refractivity contribution in [3.8, 4) is 0 Å². The molecule has 0 amide bonds. The molecular weight excluding hydrogens is 344 g/mol. The summed E-state index contributed by atoms with van der Waals surface area (Å²) in [6.45, 7) is 2.22. The van der Waals surface area contributed by atoms with Crippen LogP contribution in [0.15, 0.2) is 96.1 Å². The number of hydrogen-bond donors (Lipinski definition) is 0. The first-order chi connectivity index (χ1) is 13.9. The standard InChI is InChI=1S/C24H25N4/c1-2-3-19-23-27(21-15-9-5-10-16-21)25-24(20-13-7-4-8-14-20)26-28(23)22-17-11-6-12-18-22/h4-18,23H,2-3,19H2,1H3. The van der Waals surface area contributed by atoms with E-state index in [1.807, 2.05) is 30.3 Å². The molecule has 1 atom stereocenters. The largest absolute Gasteiger partial charge is 0.239 e. The molecule has 3 aromatic carbocycles. The molecule has 0 saturated carbocycles. The van der Waals surface area contributed by atoms with E-state index < -0.39 is 0 Å². The number of unbranched alkanes of at least 4 members (excludes halogenated alkanes) is 1. The van der Waals surface area contributed by atoms with E-state index in [0.29, 0.717) is 0 Å². The maximum Gasteiger partial charge on any atom is 0.199 e. The lowest BCUT2D eigenvalue weighted by atomic mass is 10.1. The number of anilines is 2. The zero-order valence-electron chi connectivity index (χ0n) is 16.1. The number of hydrogen-bond acceptors (Lipinski definition) is 3. The second-order valence-corrected chi connectivity index (χ2v) is 6.87. The molecule has 0 bridgehead atoms. The van der Waals surface area contributed by atoms with Crippen molar-refractivity contribution in [3.63, 3.8) is 0 Å². The first kappa shape index (κ1) is 18.1. The molecule has 0 spiro atoms. The molecule has 4 heteroatoms. The van der Waals surface area contributed by atoms with Gasteiger partial charge in [-0.15, -0.1) is 10.5 Å². The normalized spacial score (nSPS) is 16.5. The molecular formula is C24H25N4. The van der Waals surface area contributed by atoms with Crippen LogP contribution in [0.2, 0.25) is 0 Å². The molecule has 0 saturated heterocycles. The van der Waals surface area contributed by atoms with Crippen molar-refractivity contribution in [2.75, 3.05) is 10.0 Å². The minimum absolute atomic E-state index is 0.0391. The minimum atomic E-state index is 0.0391. The predicted octanol–water partition coefficient (Wildman–Crippen LogP) is 5.41. The van der Waals surface area contributed by atoms with E-state index in [-0.39, 0.29) is 6.17 Å². The first-order valence-corrected chi connectivity index (χ1v) is 9.91. The van der Waals surface area contributed by atoms with Crippen LogP contribution in [0, 0.1) is 0 Å². The highest BCUT2D eigenvalue weighted by molar-refractivity contribution is 6.00. The van der Waals surface area contributed by atoms with E-state index in [2.05, 4.69) is 77.6 Å². The summed E-state index contributed by atoms with van der Waals surface area (Å²) in [6.07, 6.45) is 3.27. The summed E-state index contributed by atoms with van der Waals surface area (Å²) in [7, 11) is 0. The number of para-hydroxylation sites is 2. The van der Waals surface area contributed by atoms with E-state index in [1.54, 1.807) is 0 Å². The number of amidine groups is 1. The van der Waals surface area contributed by atoms with Gasteiger partial charge in [0.1, 0.15) is 6.17 Å². The van der Waals surface area contributed by atoms with E-state index >= 15 is 0 Å². The van der Waals surface area contributed by atoms with Crippen LogP contribution in [0.4, 0.5) is 11.4 Å². The van der Waals surface area contributed by atoms with Gasteiger partial charge in [0, 0.05) is 5.56 Å².